The van der Waals surface area contributed by atoms with Crippen LogP contribution in [0.3, 0.4) is 0 Å². The lowest BCUT2D eigenvalue weighted by Gasteiger charge is -2.21. The normalized spacial score (nSPS) is 22.1. The minimum atomic E-state index is -0.749. The van der Waals surface area contributed by atoms with Gasteiger partial charge in [-0.2, -0.15) is 0 Å². The van der Waals surface area contributed by atoms with E-state index in [4.69, 9.17) is 0 Å². The van der Waals surface area contributed by atoms with Crippen molar-refractivity contribution in [3.63, 3.8) is 0 Å². The minimum Gasteiger partial charge on any atom is -0.355 e. The number of rotatable bonds is 5. The molecule has 0 heterocycles. The Balaban J connectivity index is 1.85. The van der Waals surface area contributed by atoms with Crippen molar-refractivity contribution >= 4 is 11.8 Å². The minimum absolute atomic E-state index is 0.0364. The summed E-state index contributed by atoms with van der Waals surface area (Å²) in [7, 11) is 0. The summed E-state index contributed by atoms with van der Waals surface area (Å²) in [4.78, 5) is 24.6. The van der Waals surface area contributed by atoms with Gasteiger partial charge < -0.3 is 10.6 Å². The van der Waals surface area contributed by atoms with Gasteiger partial charge in [0, 0.05) is 12.6 Å². The molecule has 0 bridgehead atoms. The molecule has 0 saturated heterocycles. The molecule has 0 aliphatic heterocycles. The van der Waals surface area contributed by atoms with Crippen molar-refractivity contribution in [3.05, 3.63) is 0 Å². The Bertz CT molecular complexity index is 353. The third-order valence-corrected chi connectivity index (χ3v) is 4.48. The van der Waals surface area contributed by atoms with Crippen LogP contribution in [0.4, 0.5) is 0 Å². The highest BCUT2D eigenvalue weighted by Crippen LogP contribution is 2.46. The second kappa shape index (κ2) is 6.59. The fourth-order valence-corrected chi connectivity index (χ4v) is 2.90. The first kappa shape index (κ1) is 15.3. The largest absolute Gasteiger partial charge is 0.355 e. The van der Waals surface area contributed by atoms with Crippen LogP contribution in [0, 0.1) is 11.3 Å². The van der Waals surface area contributed by atoms with Gasteiger partial charge in [0.05, 0.1) is 0 Å². The first-order valence-electron chi connectivity index (χ1n) is 8.14. The molecule has 2 rings (SSSR count). The predicted octanol–water partition coefficient (Wildman–Crippen LogP) is 2.38. The summed E-state index contributed by atoms with van der Waals surface area (Å²) in [6.07, 6.45) is 8.46. The monoisotopic (exact) mass is 280 g/mol. The molecule has 20 heavy (non-hydrogen) atoms. The van der Waals surface area contributed by atoms with Crippen LogP contribution in [0.15, 0.2) is 0 Å². The molecule has 0 radical (unpaired) electrons. The van der Waals surface area contributed by atoms with E-state index >= 15 is 0 Å². The van der Waals surface area contributed by atoms with Crippen molar-refractivity contribution in [3.8, 4) is 0 Å². The van der Waals surface area contributed by atoms with E-state index in [1.54, 1.807) is 0 Å². The van der Waals surface area contributed by atoms with Crippen LogP contribution in [0.1, 0.15) is 65.2 Å². The van der Waals surface area contributed by atoms with Gasteiger partial charge >= 0.3 is 0 Å². The Morgan fingerprint density at radius 1 is 1.05 bits per heavy atom. The Hall–Kier alpha value is -1.06. The number of hydrogen-bond donors (Lipinski definition) is 2. The first-order valence-corrected chi connectivity index (χ1v) is 8.14. The summed E-state index contributed by atoms with van der Waals surface area (Å²) in [5.41, 5.74) is -0.749. The van der Waals surface area contributed by atoms with E-state index in [9.17, 15) is 9.59 Å². The molecule has 2 saturated carbocycles. The number of carbonyl (C=O) groups is 2. The van der Waals surface area contributed by atoms with Gasteiger partial charge in [0.25, 0.3) is 0 Å². The van der Waals surface area contributed by atoms with Gasteiger partial charge in [-0.1, -0.05) is 39.5 Å². The fourth-order valence-electron chi connectivity index (χ4n) is 2.90. The maximum Gasteiger partial charge on any atom is 0.235 e. The molecule has 0 aromatic heterocycles. The lowest BCUT2D eigenvalue weighted by molar-refractivity contribution is -0.137. The lowest BCUT2D eigenvalue weighted by atomic mass is 10.0. The molecular weight excluding hydrogens is 252 g/mol. The molecule has 0 spiro atoms. The van der Waals surface area contributed by atoms with E-state index < -0.39 is 5.41 Å². The molecule has 4 nitrogen and oxygen atoms in total. The van der Waals surface area contributed by atoms with Crippen LogP contribution in [-0.4, -0.2) is 24.4 Å². The molecule has 2 N–H and O–H groups in total. The molecule has 0 aromatic rings. The van der Waals surface area contributed by atoms with Crippen LogP contribution in [0.5, 0.6) is 0 Å². The topological polar surface area (TPSA) is 58.2 Å². The van der Waals surface area contributed by atoms with Crippen LogP contribution >= 0.6 is 0 Å². The summed E-state index contributed by atoms with van der Waals surface area (Å²) >= 11 is 0. The maximum atomic E-state index is 12.4. The zero-order valence-electron chi connectivity index (χ0n) is 12.8. The van der Waals surface area contributed by atoms with Crippen LogP contribution in [0.25, 0.3) is 0 Å². The quantitative estimate of drug-likeness (QED) is 0.600. The van der Waals surface area contributed by atoms with E-state index in [1.807, 2.05) is 0 Å². The third-order valence-electron chi connectivity index (χ3n) is 4.48. The molecular formula is C16H28N2O2. The molecule has 0 aromatic carbocycles. The molecule has 2 amide bonds. The standard InChI is InChI=1S/C16H28N2O2/c1-12(2)11-17-14(19)16(9-10-16)15(20)18-13-7-5-3-4-6-8-13/h12-13H,3-11H2,1-2H3,(H,17,19)(H,18,20). The van der Waals surface area contributed by atoms with E-state index in [-0.39, 0.29) is 17.9 Å². The van der Waals surface area contributed by atoms with Crippen LogP contribution in [-0.2, 0) is 9.59 Å². The Morgan fingerprint density at radius 2 is 1.65 bits per heavy atom. The molecule has 0 unspecified atom stereocenters. The van der Waals surface area contributed by atoms with Gasteiger partial charge in [0.15, 0.2) is 0 Å². The number of amides is 2. The second-order valence-electron chi connectivity index (χ2n) is 6.85. The highest BCUT2D eigenvalue weighted by Gasteiger charge is 2.56. The van der Waals surface area contributed by atoms with E-state index in [0.29, 0.717) is 25.3 Å². The van der Waals surface area contributed by atoms with E-state index in [0.717, 1.165) is 12.8 Å². The smallest absolute Gasteiger partial charge is 0.235 e. The average molecular weight is 280 g/mol. The van der Waals surface area contributed by atoms with Gasteiger partial charge in [-0.3, -0.25) is 9.59 Å². The third kappa shape index (κ3) is 3.74. The summed E-state index contributed by atoms with van der Waals surface area (Å²) in [5.74, 6) is 0.308. The summed E-state index contributed by atoms with van der Waals surface area (Å²) < 4.78 is 0. The molecule has 0 atom stereocenters. The van der Waals surface area contributed by atoms with E-state index in [1.165, 1.54) is 25.7 Å². The summed E-state index contributed by atoms with van der Waals surface area (Å²) in [5, 5.41) is 6.05. The molecule has 2 aliphatic carbocycles. The number of carbonyl (C=O) groups excluding carboxylic acids is 2. The van der Waals surface area contributed by atoms with Crippen molar-refractivity contribution in [2.24, 2.45) is 11.3 Å². The fraction of sp³-hybridized carbons (Fsp3) is 0.875. The second-order valence-corrected chi connectivity index (χ2v) is 6.85. The van der Waals surface area contributed by atoms with Crippen molar-refractivity contribution in [2.45, 2.75) is 71.3 Å². The van der Waals surface area contributed by atoms with Crippen molar-refractivity contribution in [2.75, 3.05) is 6.54 Å². The molecule has 114 valence electrons. The average Bonchev–Trinajstić information content (AvgIpc) is 3.21. The zero-order chi connectivity index (χ0) is 14.6. The SMILES string of the molecule is CC(C)CNC(=O)C1(C(=O)NC2CCCCCC2)CC1. The summed E-state index contributed by atoms with van der Waals surface area (Å²) in [6.45, 7) is 4.77. The molecule has 2 fully saturated rings. The van der Waals surface area contributed by atoms with Crippen molar-refractivity contribution in [1.29, 1.82) is 0 Å². The van der Waals surface area contributed by atoms with Gasteiger partial charge in [0.1, 0.15) is 5.41 Å². The van der Waals surface area contributed by atoms with Crippen molar-refractivity contribution < 1.29 is 9.59 Å². The van der Waals surface area contributed by atoms with Crippen molar-refractivity contribution in [1.82, 2.24) is 10.6 Å². The molecule has 4 heteroatoms. The van der Waals surface area contributed by atoms with Crippen LogP contribution < -0.4 is 10.6 Å². The van der Waals surface area contributed by atoms with Gasteiger partial charge in [-0.15, -0.1) is 0 Å². The Kier molecular flexibility index (Phi) is 5.06. The zero-order valence-corrected chi connectivity index (χ0v) is 12.8. The Morgan fingerprint density at radius 3 is 2.15 bits per heavy atom. The number of nitrogens with one attached hydrogen (secondary N) is 2. The summed E-state index contributed by atoms with van der Waals surface area (Å²) in [6, 6.07) is 0.278. The highest BCUT2D eigenvalue weighted by atomic mass is 16.2. The van der Waals surface area contributed by atoms with Gasteiger partial charge in [0.2, 0.25) is 11.8 Å². The van der Waals surface area contributed by atoms with E-state index in [2.05, 4.69) is 24.5 Å². The predicted molar refractivity (Wildman–Crippen MR) is 79.1 cm³/mol. The molecule has 2 aliphatic rings. The lowest BCUT2D eigenvalue weighted by Crippen LogP contribution is -2.47. The maximum absolute atomic E-state index is 12.4. The van der Waals surface area contributed by atoms with Crippen LogP contribution in [0.2, 0.25) is 0 Å². The first-order chi connectivity index (χ1) is 9.54. The Labute approximate surface area is 122 Å². The number of hydrogen-bond acceptors (Lipinski definition) is 2. The van der Waals surface area contributed by atoms with Gasteiger partial charge in [-0.25, -0.2) is 0 Å². The van der Waals surface area contributed by atoms with Gasteiger partial charge in [-0.05, 0) is 31.6 Å². The highest BCUT2D eigenvalue weighted by molar-refractivity contribution is 6.07.